The van der Waals surface area contributed by atoms with Crippen molar-refractivity contribution >= 4 is 23.0 Å². The van der Waals surface area contributed by atoms with Crippen molar-refractivity contribution in [2.45, 2.75) is 25.2 Å². The molecular weight excluding hydrogens is 241 g/mol. The smallest absolute Gasteiger partial charge is 0.354 e. The standard InChI is InChI=1S/C10H10ClF3N2/c1-2-9(10(12,13)14)15-7-4-3-6(11)5-8(7)16-9/h3-5,15-16H,2H2,1H3. The minimum Gasteiger partial charge on any atom is -0.354 e. The average molecular weight is 251 g/mol. The van der Waals surface area contributed by atoms with Crippen molar-refractivity contribution in [2.75, 3.05) is 10.6 Å². The van der Waals surface area contributed by atoms with Crippen LogP contribution in [0.2, 0.25) is 5.02 Å². The van der Waals surface area contributed by atoms with Gasteiger partial charge in [0, 0.05) is 5.02 Å². The number of benzene rings is 1. The van der Waals surface area contributed by atoms with Gasteiger partial charge in [-0.25, -0.2) is 0 Å². The van der Waals surface area contributed by atoms with Crippen molar-refractivity contribution in [1.29, 1.82) is 0 Å². The molecule has 2 rings (SSSR count). The maximum atomic E-state index is 12.9. The van der Waals surface area contributed by atoms with Gasteiger partial charge in [-0.1, -0.05) is 18.5 Å². The summed E-state index contributed by atoms with van der Waals surface area (Å²) in [4.78, 5) is 0. The molecule has 2 N–H and O–H groups in total. The van der Waals surface area contributed by atoms with Gasteiger partial charge in [-0.2, -0.15) is 13.2 Å². The fourth-order valence-corrected chi connectivity index (χ4v) is 1.91. The monoisotopic (exact) mass is 250 g/mol. The zero-order valence-electron chi connectivity index (χ0n) is 8.45. The van der Waals surface area contributed by atoms with Gasteiger partial charge in [0.05, 0.1) is 11.4 Å². The van der Waals surface area contributed by atoms with E-state index in [2.05, 4.69) is 10.6 Å². The number of hydrogen-bond acceptors (Lipinski definition) is 2. The molecule has 1 aliphatic rings. The van der Waals surface area contributed by atoms with Gasteiger partial charge in [-0.3, -0.25) is 0 Å². The van der Waals surface area contributed by atoms with Gasteiger partial charge in [0.1, 0.15) is 0 Å². The van der Waals surface area contributed by atoms with E-state index < -0.39 is 11.8 Å². The van der Waals surface area contributed by atoms with Crippen LogP contribution in [0.4, 0.5) is 24.5 Å². The van der Waals surface area contributed by atoms with E-state index >= 15 is 0 Å². The molecule has 0 radical (unpaired) electrons. The minimum absolute atomic E-state index is 0.108. The van der Waals surface area contributed by atoms with Gasteiger partial charge in [0.15, 0.2) is 0 Å². The van der Waals surface area contributed by atoms with Crippen molar-refractivity contribution < 1.29 is 13.2 Å². The van der Waals surface area contributed by atoms with Crippen LogP contribution in [0.1, 0.15) is 13.3 Å². The van der Waals surface area contributed by atoms with E-state index in [1.165, 1.54) is 19.1 Å². The third kappa shape index (κ3) is 1.59. The van der Waals surface area contributed by atoms with E-state index in [1.807, 2.05) is 0 Å². The van der Waals surface area contributed by atoms with Crippen molar-refractivity contribution in [3.63, 3.8) is 0 Å². The Morgan fingerprint density at radius 3 is 2.44 bits per heavy atom. The van der Waals surface area contributed by atoms with E-state index in [-0.39, 0.29) is 6.42 Å². The Labute approximate surface area is 95.8 Å². The van der Waals surface area contributed by atoms with E-state index in [1.54, 1.807) is 6.07 Å². The van der Waals surface area contributed by atoms with Crippen molar-refractivity contribution in [3.8, 4) is 0 Å². The first kappa shape index (κ1) is 11.4. The quantitative estimate of drug-likeness (QED) is 0.791. The van der Waals surface area contributed by atoms with Crippen LogP contribution in [0.3, 0.4) is 0 Å². The highest BCUT2D eigenvalue weighted by atomic mass is 35.5. The molecule has 1 aliphatic heterocycles. The van der Waals surface area contributed by atoms with Crippen molar-refractivity contribution in [3.05, 3.63) is 23.2 Å². The summed E-state index contributed by atoms with van der Waals surface area (Å²) in [5, 5.41) is 5.33. The summed E-state index contributed by atoms with van der Waals surface area (Å²) in [5.74, 6) is 0. The number of anilines is 2. The molecule has 0 aromatic heterocycles. The second kappa shape index (κ2) is 3.45. The summed E-state index contributed by atoms with van der Waals surface area (Å²) < 4.78 is 38.8. The molecule has 6 heteroatoms. The normalized spacial score (nSPS) is 23.6. The lowest BCUT2D eigenvalue weighted by atomic mass is 10.1. The van der Waals surface area contributed by atoms with Crippen LogP contribution >= 0.6 is 11.6 Å². The van der Waals surface area contributed by atoms with E-state index in [0.717, 1.165) is 0 Å². The number of hydrogen-bond donors (Lipinski definition) is 2. The van der Waals surface area contributed by atoms with Crippen LogP contribution in [0.5, 0.6) is 0 Å². The summed E-state index contributed by atoms with van der Waals surface area (Å²) in [7, 11) is 0. The molecule has 0 saturated heterocycles. The maximum absolute atomic E-state index is 12.9. The van der Waals surface area contributed by atoms with Gasteiger partial charge in [0.25, 0.3) is 0 Å². The number of rotatable bonds is 1. The number of alkyl halides is 3. The Hall–Kier alpha value is -1.10. The van der Waals surface area contributed by atoms with Gasteiger partial charge >= 0.3 is 6.18 Å². The van der Waals surface area contributed by atoms with Crippen LogP contribution in [0.15, 0.2) is 18.2 Å². The van der Waals surface area contributed by atoms with Crippen LogP contribution in [0.25, 0.3) is 0 Å². The largest absolute Gasteiger partial charge is 0.430 e. The average Bonchev–Trinajstić information content (AvgIpc) is 2.55. The van der Waals surface area contributed by atoms with Crippen LogP contribution < -0.4 is 10.6 Å². The highest BCUT2D eigenvalue weighted by molar-refractivity contribution is 6.31. The van der Waals surface area contributed by atoms with E-state index in [0.29, 0.717) is 16.4 Å². The lowest BCUT2D eigenvalue weighted by Gasteiger charge is -2.31. The first-order chi connectivity index (χ1) is 7.38. The van der Waals surface area contributed by atoms with Crippen LogP contribution in [-0.4, -0.2) is 11.8 Å². The zero-order valence-corrected chi connectivity index (χ0v) is 9.21. The Morgan fingerprint density at radius 2 is 1.88 bits per heavy atom. The maximum Gasteiger partial charge on any atom is 0.430 e. The molecule has 0 spiro atoms. The van der Waals surface area contributed by atoms with Crippen LogP contribution in [0, 0.1) is 0 Å². The number of halogens is 4. The summed E-state index contributed by atoms with van der Waals surface area (Å²) in [5.41, 5.74) is -1.28. The minimum atomic E-state index is -4.37. The predicted octanol–water partition coefficient (Wildman–Crippen LogP) is 3.85. The lowest BCUT2D eigenvalue weighted by Crippen LogP contribution is -2.54. The molecule has 0 saturated carbocycles. The fourth-order valence-electron chi connectivity index (χ4n) is 1.74. The van der Waals surface area contributed by atoms with Gasteiger partial charge in [-0.05, 0) is 24.6 Å². The second-order valence-electron chi connectivity index (χ2n) is 3.70. The van der Waals surface area contributed by atoms with E-state index in [4.69, 9.17) is 11.6 Å². The predicted molar refractivity (Wildman–Crippen MR) is 57.8 cm³/mol. The van der Waals surface area contributed by atoms with Gasteiger partial charge in [-0.15, -0.1) is 0 Å². The molecule has 16 heavy (non-hydrogen) atoms. The second-order valence-corrected chi connectivity index (χ2v) is 4.13. The third-order valence-electron chi connectivity index (χ3n) is 2.69. The highest BCUT2D eigenvalue weighted by Crippen LogP contribution is 2.44. The molecule has 1 aromatic carbocycles. The summed E-state index contributed by atoms with van der Waals surface area (Å²) in [6.07, 6.45) is -4.48. The first-order valence-corrected chi connectivity index (χ1v) is 5.18. The summed E-state index contributed by atoms with van der Waals surface area (Å²) in [6.45, 7) is 1.47. The van der Waals surface area contributed by atoms with Crippen LogP contribution in [-0.2, 0) is 0 Å². The number of nitrogens with one attached hydrogen (secondary N) is 2. The molecule has 1 heterocycles. The third-order valence-corrected chi connectivity index (χ3v) is 2.93. The SMILES string of the molecule is CCC1(C(F)(F)F)Nc2ccc(Cl)cc2N1. The molecule has 1 unspecified atom stereocenters. The Balaban J connectivity index is 2.40. The van der Waals surface area contributed by atoms with Gasteiger partial charge in [0.2, 0.25) is 5.66 Å². The Bertz CT molecular complexity index is 419. The lowest BCUT2D eigenvalue weighted by molar-refractivity contribution is -0.170. The molecular formula is C10H10ClF3N2. The molecule has 1 aromatic rings. The summed E-state index contributed by atoms with van der Waals surface area (Å²) >= 11 is 5.72. The number of fused-ring (bicyclic) bond motifs is 1. The van der Waals surface area contributed by atoms with Crippen molar-refractivity contribution in [2.24, 2.45) is 0 Å². The fraction of sp³-hybridized carbons (Fsp3) is 0.400. The Kier molecular flexibility index (Phi) is 2.45. The molecule has 88 valence electrons. The topological polar surface area (TPSA) is 24.1 Å². The first-order valence-electron chi connectivity index (χ1n) is 4.80. The van der Waals surface area contributed by atoms with E-state index in [9.17, 15) is 13.2 Å². The zero-order chi connectivity index (χ0) is 12.0. The highest BCUT2D eigenvalue weighted by Gasteiger charge is 2.56. The molecule has 0 aliphatic carbocycles. The molecule has 2 nitrogen and oxygen atoms in total. The molecule has 1 atom stereocenters. The summed E-state index contributed by atoms with van der Waals surface area (Å²) in [6, 6.07) is 4.57. The van der Waals surface area contributed by atoms with Gasteiger partial charge < -0.3 is 10.6 Å². The molecule has 0 amide bonds. The molecule has 0 fully saturated rings. The Morgan fingerprint density at radius 1 is 1.25 bits per heavy atom. The van der Waals surface area contributed by atoms with Crippen molar-refractivity contribution in [1.82, 2.24) is 0 Å². The molecule has 0 bridgehead atoms.